The number of aliphatic hydroxyl groups is 2. The van der Waals surface area contributed by atoms with E-state index in [-0.39, 0.29) is 54.8 Å². The lowest BCUT2D eigenvalue weighted by atomic mass is 9.68. The van der Waals surface area contributed by atoms with Crippen LogP contribution in [-0.2, 0) is 68.4 Å². The molecule has 11 rings (SSSR count). The summed E-state index contributed by atoms with van der Waals surface area (Å²) in [5.41, 5.74) is 1.88. The van der Waals surface area contributed by atoms with E-state index in [2.05, 4.69) is 18.0 Å². The zero-order valence-electron chi connectivity index (χ0n) is 51.1. The van der Waals surface area contributed by atoms with Crippen molar-refractivity contribution in [2.24, 2.45) is 46.8 Å². The molecule has 0 radical (unpaired) electrons. The summed E-state index contributed by atoms with van der Waals surface area (Å²) in [6, 6.07) is 13.8. The van der Waals surface area contributed by atoms with Gasteiger partial charge in [-0.05, 0) is 145 Å². The van der Waals surface area contributed by atoms with Gasteiger partial charge in [0.15, 0.2) is 5.78 Å². The molecule has 84 heavy (non-hydrogen) atoms. The predicted molar refractivity (Wildman–Crippen MR) is 312 cm³/mol. The number of aliphatic hydroxyl groups excluding tert-OH is 1. The van der Waals surface area contributed by atoms with Crippen LogP contribution in [0.25, 0.3) is 0 Å². The Morgan fingerprint density at radius 1 is 0.833 bits per heavy atom. The molecule has 1 saturated carbocycles. The highest BCUT2D eigenvalue weighted by Gasteiger charge is 2.57. The van der Waals surface area contributed by atoms with Crippen LogP contribution in [0.3, 0.4) is 0 Å². The molecule has 2 N–H and O–H groups in total. The van der Waals surface area contributed by atoms with Gasteiger partial charge in [-0.2, -0.15) is 0 Å². The first-order valence-corrected chi connectivity index (χ1v) is 30.4. The molecule has 18 heteroatoms. The molecular formula is C66H91N3O15. The Labute approximate surface area is 496 Å². The van der Waals surface area contributed by atoms with Crippen molar-refractivity contribution in [2.75, 3.05) is 32.9 Å². The Bertz CT molecular complexity index is 2730. The molecule has 1 aromatic heterocycles. The van der Waals surface area contributed by atoms with Crippen LogP contribution in [0.5, 0.6) is 0 Å². The van der Waals surface area contributed by atoms with Gasteiger partial charge in [-0.25, -0.2) is 9.86 Å². The Morgan fingerprint density at radius 3 is 2.26 bits per heavy atom. The molecule has 1 aliphatic carbocycles. The molecule has 9 aliphatic rings. The number of aromatic nitrogens is 1. The van der Waals surface area contributed by atoms with Crippen molar-refractivity contribution in [1.29, 1.82) is 0 Å². The first-order valence-electron chi connectivity index (χ1n) is 30.4. The van der Waals surface area contributed by atoms with E-state index in [0.717, 1.165) is 17.0 Å². The molecule has 8 bridgehead atoms. The summed E-state index contributed by atoms with van der Waals surface area (Å²) in [6.45, 7) is 14.5. The largest absolute Gasteiger partial charge is 0.460 e. The first kappa shape index (κ1) is 64.5. The number of amides is 1. The zero-order valence-corrected chi connectivity index (χ0v) is 51.1. The maximum absolute atomic E-state index is 14.9. The van der Waals surface area contributed by atoms with Crippen LogP contribution in [0.15, 0.2) is 90.2 Å². The van der Waals surface area contributed by atoms with Crippen LogP contribution >= 0.6 is 0 Å². The summed E-state index contributed by atoms with van der Waals surface area (Å²) < 4.78 is 36.7. The van der Waals surface area contributed by atoms with Crippen LogP contribution in [0.1, 0.15) is 132 Å². The number of piperidine rings is 1. The number of carbonyl (C=O) groups is 6. The first-order chi connectivity index (χ1) is 40.0. The van der Waals surface area contributed by atoms with Crippen LogP contribution in [0.4, 0.5) is 5.69 Å². The van der Waals surface area contributed by atoms with E-state index in [9.17, 15) is 39.0 Å². The average Bonchev–Trinajstić information content (AvgIpc) is 2.15. The molecule has 1 amide bonds. The van der Waals surface area contributed by atoms with Crippen LogP contribution in [0.2, 0.25) is 0 Å². The van der Waals surface area contributed by atoms with E-state index in [1.807, 2.05) is 93.4 Å². The smallest absolute Gasteiger partial charge is 0.329 e. The second kappa shape index (κ2) is 27.9. The number of hydroxylamine groups is 1. The fourth-order valence-electron chi connectivity index (χ4n) is 14.0. The summed E-state index contributed by atoms with van der Waals surface area (Å²) in [6.07, 6.45) is 7.65. The fourth-order valence-corrected chi connectivity index (χ4v) is 14.0. The monoisotopic (exact) mass is 1170 g/mol. The fraction of sp³-hybridized carbons (Fsp3) is 0.652. The van der Waals surface area contributed by atoms with Crippen LogP contribution in [-0.4, -0.2) is 150 Å². The number of rotatable bonds is 10. The summed E-state index contributed by atoms with van der Waals surface area (Å²) in [5.74, 6) is -9.73. The second-order valence-electron chi connectivity index (χ2n) is 25.6. The number of ether oxygens (including phenoxy) is 6. The highest BCUT2D eigenvalue weighted by molar-refractivity contribution is 6.39. The van der Waals surface area contributed by atoms with Gasteiger partial charge in [0.2, 0.25) is 5.79 Å². The number of carbonyl (C=O) groups excluding carboxylic acids is 6. The van der Waals surface area contributed by atoms with Crippen molar-refractivity contribution in [3.63, 3.8) is 0 Å². The third kappa shape index (κ3) is 14.5. The standard InChI is InChI=1S/C66H91N3O15/c1-38-30-41(4)58(71)60(80-11)59(72)42(5)31-39(2)52(70)36-55-50(33-44-23-27-53(56(34-44)79-10)82-64(76)65(7,8)37-45-18-15-16-28-67-45)49-21-17-29-68(57(49)63(75)81-55)62(74)61(73)66(77)43(6)22-24-47(83-66)35-54(78-9)40(3)32-48-25-26-51(38)69(84-48)46-19-13-12-14-20-46/h12-16,18-20,25-26,28,31-32,38-39,41,43-44,47-51,53-57,59-60,72,77H,17,21-24,27,29-30,33-37H2,1-11H3/b40-32+,42-31+/t38-,39+,41?,43?,44-,47-,48?,49?,50-,51?,53?,54-,55-,56+,57?,59?,60-,66?/m0/s1. The van der Waals surface area contributed by atoms with Gasteiger partial charge < -0.3 is 43.5 Å². The minimum absolute atomic E-state index is 0.0475. The molecule has 1 aromatic carbocycles. The summed E-state index contributed by atoms with van der Waals surface area (Å²) >= 11 is 0. The number of hydrogen-bond acceptors (Lipinski definition) is 17. The van der Waals surface area contributed by atoms with Crippen molar-refractivity contribution in [3.05, 3.63) is 95.9 Å². The Hall–Kier alpha value is -5.47. The van der Waals surface area contributed by atoms with E-state index < -0.39 is 113 Å². The van der Waals surface area contributed by atoms with E-state index in [1.165, 1.54) is 12.0 Å². The van der Waals surface area contributed by atoms with Gasteiger partial charge in [0.25, 0.3) is 11.7 Å². The topological polar surface area (TPSA) is 227 Å². The summed E-state index contributed by atoms with van der Waals surface area (Å²) in [4.78, 5) is 99.4. The summed E-state index contributed by atoms with van der Waals surface area (Å²) in [7, 11) is 4.55. The van der Waals surface area contributed by atoms with E-state index in [0.29, 0.717) is 69.8 Å². The second-order valence-corrected chi connectivity index (χ2v) is 25.6. The van der Waals surface area contributed by atoms with Crippen molar-refractivity contribution in [1.82, 2.24) is 9.88 Å². The molecule has 3 saturated heterocycles. The highest BCUT2D eigenvalue weighted by Crippen LogP contribution is 2.46. The molecule has 4 fully saturated rings. The van der Waals surface area contributed by atoms with Gasteiger partial charge in [-0.1, -0.05) is 70.2 Å². The van der Waals surface area contributed by atoms with E-state index >= 15 is 0 Å². The lowest BCUT2D eigenvalue weighted by Crippen LogP contribution is -2.65. The third-order valence-electron chi connectivity index (χ3n) is 19.1. The number of anilines is 1. The number of allylic oxidation sites excluding steroid dienone is 1. The quantitative estimate of drug-likeness (QED) is 0.130. The molecule has 2 aromatic rings. The van der Waals surface area contributed by atoms with E-state index in [4.69, 9.17) is 33.3 Å². The number of benzene rings is 1. The Morgan fingerprint density at radius 2 is 1.57 bits per heavy atom. The highest BCUT2D eigenvalue weighted by atomic mass is 16.7. The van der Waals surface area contributed by atoms with Crippen molar-refractivity contribution >= 4 is 40.9 Å². The number of Topliss-reactive ketones (excluding diaryl/α,β-unsaturated/α-hetero) is 3. The predicted octanol–water partition coefficient (Wildman–Crippen LogP) is 8.25. The summed E-state index contributed by atoms with van der Waals surface area (Å²) in [5, 5.41) is 26.1. The third-order valence-corrected chi connectivity index (χ3v) is 19.1. The van der Waals surface area contributed by atoms with Gasteiger partial charge in [0, 0.05) is 82.7 Å². The molecule has 0 spiro atoms. The van der Waals surface area contributed by atoms with Crippen molar-refractivity contribution in [2.45, 2.75) is 199 Å². The minimum atomic E-state index is -2.51. The molecule has 460 valence electrons. The molecule has 18 nitrogen and oxygen atoms in total. The Balaban J connectivity index is 1.10. The van der Waals surface area contributed by atoms with Crippen LogP contribution in [0, 0.1) is 46.8 Å². The molecule has 18 atom stereocenters. The Kier molecular flexibility index (Phi) is 21.4. The van der Waals surface area contributed by atoms with Gasteiger partial charge >= 0.3 is 11.9 Å². The van der Waals surface area contributed by atoms with Gasteiger partial charge in [0.1, 0.15) is 42.3 Å². The van der Waals surface area contributed by atoms with E-state index in [1.54, 1.807) is 47.3 Å². The lowest BCUT2D eigenvalue weighted by Gasteiger charge is -2.50. The SMILES string of the molecule is CO[C@H]1C[C@@H]2CCC(C)C(O)(O2)C(=O)C(=O)N2CCCC3C2C(=O)O[C@@H](CC(=O)[C@H](C)/C=C(\C)C(O)[C@@H](OC)C(=O)C(C)C[C@H](C)C2C=CC(/C=C/1C)ON2c1ccccc1)[C@H]3C[C@@H]1CCC(OC(=O)C(C)(C)Cc2ccccn2)[C@H](OC)C1. The van der Waals surface area contributed by atoms with Crippen molar-refractivity contribution in [3.8, 4) is 0 Å². The number of para-hydroxylation sites is 1. The molecule has 8 aliphatic heterocycles. The molecule has 9 heterocycles. The molecule has 9 unspecified atom stereocenters. The number of methoxy groups -OCH3 is 3. The average molecular weight is 1170 g/mol. The number of pyridine rings is 1. The normalized spacial score (nSPS) is 37.5. The number of hydrogen-bond donors (Lipinski definition) is 2. The number of nitrogens with zero attached hydrogens (tertiary/aromatic N) is 3. The van der Waals surface area contributed by atoms with Gasteiger partial charge in [-0.15, -0.1) is 0 Å². The van der Waals surface area contributed by atoms with Crippen LogP contribution < -0.4 is 5.06 Å². The zero-order chi connectivity index (χ0) is 60.8. The van der Waals surface area contributed by atoms with Gasteiger partial charge in [-0.3, -0.25) is 33.8 Å². The minimum Gasteiger partial charge on any atom is -0.460 e. The number of ketones is 3. The maximum Gasteiger partial charge on any atom is 0.329 e. The van der Waals surface area contributed by atoms with Crippen molar-refractivity contribution < 1.29 is 72.2 Å². The maximum atomic E-state index is 14.9. The lowest BCUT2D eigenvalue weighted by molar-refractivity contribution is -0.266. The van der Waals surface area contributed by atoms with Gasteiger partial charge in [0.05, 0.1) is 35.5 Å². The molecular weight excluding hydrogens is 1070 g/mol. The number of esters is 2.